The topological polar surface area (TPSA) is 79.1 Å². The normalized spacial score (nSPS) is 16.8. The number of hydrogen-bond acceptors (Lipinski definition) is 4. The molecule has 1 aromatic carbocycles. The Bertz CT molecular complexity index is 795. The minimum atomic E-state index is -0.143. The summed E-state index contributed by atoms with van der Waals surface area (Å²) in [6.07, 6.45) is 1.58. The van der Waals surface area contributed by atoms with Crippen LogP contribution in [0.25, 0.3) is 0 Å². The van der Waals surface area contributed by atoms with Gasteiger partial charge in [0.15, 0.2) is 5.96 Å². The van der Waals surface area contributed by atoms with Gasteiger partial charge in [-0.3, -0.25) is 4.79 Å². The summed E-state index contributed by atoms with van der Waals surface area (Å²) in [5, 5.41) is 6.10. The van der Waals surface area contributed by atoms with Crippen LogP contribution in [0, 0.1) is 6.92 Å². The zero-order valence-corrected chi connectivity index (χ0v) is 19.2. The number of nitrogens with one attached hydrogen (secondary N) is 2. The van der Waals surface area contributed by atoms with Crippen molar-refractivity contribution in [3.8, 4) is 0 Å². The number of guanidine groups is 1. The lowest BCUT2D eigenvalue weighted by molar-refractivity contribution is -0.119. The van der Waals surface area contributed by atoms with Crippen LogP contribution in [0.1, 0.15) is 29.9 Å². The Labute approximate surface area is 188 Å². The van der Waals surface area contributed by atoms with Gasteiger partial charge in [-0.2, -0.15) is 0 Å². The number of aliphatic imine (C=N–C) groups is 1. The Morgan fingerprint density at radius 3 is 2.79 bits per heavy atom. The average Bonchev–Trinajstić information content (AvgIpc) is 3.24. The van der Waals surface area contributed by atoms with Gasteiger partial charge in [0.2, 0.25) is 5.91 Å². The number of carbonyl (C=O) groups is 1. The van der Waals surface area contributed by atoms with E-state index < -0.39 is 0 Å². The highest BCUT2D eigenvalue weighted by Crippen LogP contribution is 2.24. The van der Waals surface area contributed by atoms with Crippen molar-refractivity contribution in [2.75, 3.05) is 32.8 Å². The lowest BCUT2D eigenvalue weighted by Gasteiger charge is -2.35. The number of aryl methyl sites for hydroxylation is 1. The van der Waals surface area contributed by atoms with Crippen molar-refractivity contribution >= 4 is 35.8 Å². The highest BCUT2D eigenvalue weighted by atomic mass is 127. The summed E-state index contributed by atoms with van der Waals surface area (Å²) in [6.45, 7) is 7.34. The first kappa shape index (κ1) is 23.2. The van der Waals surface area contributed by atoms with Gasteiger partial charge in [0.25, 0.3) is 0 Å². The van der Waals surface area contributed by atoms with Crippen molar-refractivity contribution in [1.29, 1.82) is 0 Å². The van der Waals surface area contributed by atoms with Crippen molar-refractivity contribution in [2.24, 2.45) is 4.99 Å². The molecule has 1 aliphatic rings. The van der Waals surface area contributed by atoms with Gasteiger partial charge < -0.3 is 24.7 Å². The second-order valence-corrected chi connectivity index (χ2v) is 6.69. The molecule has 29 heavy (non-hydrogen) atoms. The monoisotopic (exact) mass is 512 g/mol. The van der Waals surface area contributed by atoms with Crippen molar-refractivity contribution in [3.05, 3.63) is 59.5 Å². The maximum Gasteiger partial charge on any atom is 0.242 e. The molecule has 2 aromatic rings. The van der Waals surface area contributed by atoms with Crippen molar-refractivity contribution < 1.29 is 13.9 Å². The first-order chi connectivity index (χ1) is 13.7. The predicted molar refractivity (Wildman–Crippen MR) is 123 cm³/mol. The van der Waals surface area contributed by atoms with Crippen LogP contribution in [0.5, 0.6) is 0 Å². The first-order valence-electron chi connectivity index (χ1n) is 9.67. The lowest BCUT2D eigenvalue weighted by Crippen LogP contribution is -2.48. The Morgan fingerprint density at radius 2 is 2.07 bits per heavy atom. The number of furan rings is 1. The minimum absolute atomic E-state index is 0. The van der Waals surface area contributed by atoms with E-state index in [9.17, 15) is 4.79 Å². The molecule has 0 bridgehead atoms. The molecule has 1 aliphatic heterocycles. The molecule has 1 atom stereocenters. The molecule has 8 heteroatoms. The molecule has 0 spiro atoms. The molecule has 0 aliphatic carbocycles. The molecule has 1 amide bonds. The second kappa shape index (κ2) is 11.8. The lowest BCUT2D eigenvalue weighted by atomic mass is 10.0. The molecule has 1 fully saturated rings. The number of rotatable bonds is 6. The summed E-state index contributed by atoms with van der Waals surface area (Å²) in [7, 11) is 0. The summed E-state index contributed by atoms with van der Waals surface area (Å²) in [5.41, 5.74) is 2.41. The third-order valence-corrected chi connectivity index (χ3v) is 4.65. The van der Waals surface area contributed by atoms with E-state index in [2.05, 4.69) is 39.6 Å². The number of carbonyl (C=O) groups excluding carboxylic acids is 1. The zero-order valence-electron chi connectivity index (χ0n) is 16.9. The molecule has 0 radical (unpaired) electrons. The van der Waals surface area contributed by atoms with Gasteiger partial charge in [0.05, 0.1) is 26.0 Å². The SMILES string of the molecule is CCNC(=NCC(=O)NCc1ccco1)N1CCOC(c2ccccc2C)C1.I. The standard InChI is InChI=1S/C21H28N4O3.HI/c1-3-22-21(24-14-20(26)23-13-17-8-6-11-27-17)25-10-12-28-19(15-25)18-9-5-4-7-16(18)2;/h4-9,11,19H,3,10,12-15H2,1-2H3,(H,22,24)(H,23,26);1H. The van der Waals surface area contributed by atoms with Crippen LogP contribution >= 0.6 is 24.0 Å². The van der Waals surface area contributed by atoms with E-state index >= 15 is 0 Å². The number of halogens is 1. The largest absolute Gasteiger partial charge is 0.467 e. The fourth-order valence-electron chi connectivity index (χ4n) is 3.21. The molecule has 1 unspecified atom stereocenters. The highest BCUT2D eigenvalue weighted by molar-refractivity contribution is 14.0. The Balaban J connectivity index is 0.00000300. The van der Waals surface area contributed by atoms with E-state index in [0.717, 1.165) is 24.8 Å². The third kappa shape index (κ3) is 6.74. The molecule has 158 valence electrons. The summed E-state index contributed by atoms with van der Waals surface area (Å²) in [4.78, 5) is 18.8. The molecule has 7 nitrogen and oxygen atoms in total. The van der Waals surface area contributed by atoms with Gasteiger partial charge in [-0.05, 0) is 37.1 Å². The van der Waals surface area contributed by atoms with E-state index in [-0.39, 0.29) is 42.5 Å². The number of morpholine rings is 1. The average molecular weight is 512 g/mol. The van der Waals surface area contributed by atoms with Crippen LogP contribution in [0.3, 0.4) is 0 Å². The van der Waals surface area contributed by atoms with Crippen LogP contribution in [0.15, 0.2) is 52.1 Å². The van der Waals surface area contributed by atoms with Gasteiger partial charge in [-0.15, -0.1) is 24.0 Å². The summed E-state index contributed by atoms with van der Waals surface area (Å²) < 4.78 is 11.2. The maximum absolute atomic E-state index is 12.1. The molecular formula is C21H29IN4O3. The fraction of sp³-hybridized carbons (Fsp3) is 0.429. The van der Waals surface area contributed by atoms with Crippen LogP contribution < -0.4 is 10.6 Å². The highest BCUT2D eigenvalue weighted by Gasteiger charge is 2.25. The molecule has 0 saturated carbocycles. The predicted octanol–water partition coefficient (Wildman–Crippen LogP) is 2.86. The third-order valence-electron chi connectivity index (χ3n) is 4.65. The molecule has 2 heterocycles. The van der Waals surface area contributed by atoms with Crippen molar-refractivity contribution in [2.45, 2.75) is 26.5 Å². The Kier molecular flexibility index (Phi) is 9.46. The maximum atomic E-state index is 12.1. The molecule has 1 saturated heterocycles. The fourth-order valence-corrected chi connectivity index (χ4v) is 3.21. The smallest absolute Gasteiger partial charge is 0.242 e. The second-order valence-electron chi connectivity index (χ2n) is 6.69. The number of benzene rings is 1. The van der Waals surface area contributed by atoms with Crippen LogP contribution in [0.2, 0.25) is 0 Å². The molecule has 1 aromatic heterocycles. The number of ether oxygens (including phenoxy) is 1. The van der Waals surface area contributed by atoms with Crippen molar-refractivity contribution in [1.82, 2.24) is 15.5 Å². The minimum Gasteiger partial charge on any atom is -0.467 e. The number of nitrogens with zero attached hydrogens (tertiary/aromatic N) is 2. The quantitative estimate of drug-likeness (QED) is 0.354. The van der Waals surface area contributed by atoms with Gasteiger partial charge in [-0.1, -0.05) is 24.3 Å². The van der Waals surface area contributed by atoms with Gasteiger partial charge in [0, 0.05) is 13.1 Å². The number of amides is 1. The summed E-state index contributed by atoms with van der Waals surface area (Å²) >= 11 is 0. The molecular weight excluding hydrogens is 483 g/mol. The number of hydrogen-bond donors (Lipinski definition) is 2. The van der Waals surface area contributed by atoms with Gasteiger partial charge >= 0.3 is 0 Å². The van der Waals surface area contributed by atoms with E-state index in [1.54, 1.807) is 12.3 Å². The summed E-state index contributed by atoms with van der Waals surface area (Å²) in [6, 6.07) is 11.9. The van der Waals surface area contributed by atoms with Gasteiger partial charge in [-0.25, -0.2) is 4.99 Å². The summed E-state index contributed by atoms with van der Waals surface area (Å²) in [5.74, 6) is 1.31. The van der Waals surface area contributed by atoms with Gasteiger partial charge in [0.1, 0.15) is 18.4 Å². The zero-order chi connectivity index (χ0) is 19.8. The van der Waals surface area contributed by atoms with E-state index in [1.807, 2.05) is 25.1 Å². The Morgan fingerprint density at radius 1 is 1.24 bits per heavy atom. The molecule has 3 rings (SSSR count). The van der Waals surface area contributed by atoms with E-state index in [1.165, 1.54) is 11.1 Å². The van der Waals surface area contributed by atoms with E-state index in [4.69, 9.17) is 9.15 Å². The van der Waals surface area contributed by atoms with Crippen LogP contribution in [-0.4, -0.2) is 49.6 Å². The molecule has 2 N–H and O–H groups in total. The first-order valence-corrected chi connectivity index (χ1v) is 9.67. The van der Waals surface area contributed by atoms with Crippen LogP contribution in [0.4, 0.5) is 0 Å². The van der Waals surface area contributed by atoms with E-state index in [0.29, 0.717) is 19.7 Å². The Hall–Kier alpha value is -2.07. The van der Waals surface area contributed by atoms with Crippen molar-refractivity contribution in [3.63, 3.8) is 0 Å². The van der Waals surface area contributed by atoms with Crippen LogP contribution in [-0.2, 0) is 16.1 Å².